The molecular weight excluding hydrogens is 350 g/mol. The van der Waals surface area contributed by atoms with Crippen molar-refractivity contribution in [2.45, 2.75) is 22.5 Å². The molecule has 124 valence electrons. The van der Waals surface area contributed by atoms with Crippen LogP contribution in [0.3, 0.4) is 0 Å². The second kappa shape index (κ2) is 9.14. The van der Waals surface area contributed by atoms with E-state index in [1.54, 1.807) is 18.9 Å². The molecule has 0 spiro atoms. The SMILES string of the molecule is COc1ccc(NC(=O)CSc2nnc(SCC(C)C)s2)cc1. The molecule has 2 aromatic rings. The second-order valence-electron chi connectivity index (χ2n) is 5.10. The number of hydrogen-bond acceptors (Lipinski definition) is 7. The number of rotatable bonds is 8. The number of carbonyl (C=O) groups excluding carboxylic acids is 1. The summed E-state index contributed by atoms with van der Waals surface area (Å²) in [5.41, 5.74) is 0.752. The first-order valence-corrected chi connectivity index (χ1v) is 9.88. The molecule has 0 unspecified atom stereocenters. The van der Waals surface area contributed by atoms with Crippen molar-refractivity contribution >= 4 is 46.5 Å². The van der Waals surface area contributed by atoms with Gasteiger partial charge in [-0.15, -0.1) is 10.2 Å². The number of aromatic nitrogens is 2. The number of amides is 1. The lowest BCUT2D eigenvalue weighted by Crippen LogP contribution is -2.13. The van der Waals surface area contributed by atoms with Gasteiger partial charge in [0, 0.05) is 11.4 Å². The summed E-state index contributed by atoms with van der Waals surface area (Å²) in [5.74, 6) is 2.66. The molecule has 0 atom stereocenters. The Morgan fingerprint density at radius 3 is 2.48 bits per heavy atom. The molecule has 1 N–H and O–H groups in total. The molecule has 0 saturated carbocycles. The summed E-state index contributed by atoms with van der Waals surface area (Å²) < 4.78 is 6.86. The number of nitrogens with zero attached hydrogens (tertiary/aromatic N) is 2. The lowest BCUT2D eigenvalue weighted by atomic mass is 10.3. The van der Waals surface area contributed by atoms with Crippen LogP contribution in [-0.2, 0) is 4.79 Å². The first-order valence-electron chi connectivity index (χ1n) is 7.10. The molecule has 0 radical (unpaired) electrons. The lowest BCUT2D eigenvalue weighted by Gasteiger charge is -2.05. The van der Waals surface area contributed by atoms with Gasteiger partial charge in [-0.2, -0.15) is 0 Å². The molecule has 0 aliphatic carbocycles. The standard InChI is InChI=1S/C15H19N3O2S3/c1-10(2)8-21-14-17-18-15(23-14)22-9-13(19)16-11-4-6-12(20-3)7-5-11/h4-7,10H,8-9H2,1-3H3,(H,16,19). The first kappa shape index (κ1) is 18.1. The van der Waals surface area contributed by atoms with E-state index in [9.17, 15) is 4.79 Å². The van der Waals surface area contributed by atoms with Gasteiger partial charge >= 0.3 is 0 Å². The fraction of sp³-hybridized carbons (Fsp3) is 0.400. The van der Waals surface area contributed by atoms with Crippen LogP contribution in [0.2, 0.25) is 0 Å². The Morgan fingerprint density at radius 1 is 1.22 bits per heavy atom. The van der Waals surface area contributed by atoms with Crippen molar-refractivity contribution in [1.29, 1.82) is 0 Å². The van der Waals surface area contributed by atoms with Crippen molar-refractivity contribution in [3.63, 3.8) is 0 Å². The van der Waals surface area contributed by atoms with Gasteiger partial charge in [-0.25, -0.2) is 0 Å². The van der Waals surface area contributed by atoms with Crippen LogP contribution < -0.4 is 10.1 Å². The third kappa shape index (κ3) is 6.40. The van der Waals surface area contributed by atoms with Gasteiger partial charge in [0.1, 0.15) is 5.75 Å². The van der Waals surface area contributed by atoms with Crippen molar-refractivity contribution in [2.75, 3.05) is 23.9 Å². The predicted molar refractivity (Wildman–Crippen MR) is 97.8 cm³/mol. The number of ether oxygens (including phenoxy) is 1. The van der Waals surface area contributed by atoms with Crippen LogP contribution >= 0.6 is 34.9 Å². The van der Waals surface area contributed by atoms with E-state index < -0.39 is 0 Å². The van der Waals surface area contributed by atoms with Gasteiger partial charge in [0.25, 0.3) is 0 Å². The number of hydrogen-bond donors (Lipinski definition) is 1. The molecule has 0 saturated heterocycles. The van der Waals surface area contributed by atoms with E-state index in [1.807, 2.05) is 24.3 Å². The fourth-order valence-electron chi connectivity index (χ4n) is 1.55. The normalized spacial score (nSPS) is 10.8. The number of anilines is 1. The van der Waals surface area contributed by atoms with Crippen LogP contribution in [0.4, 0.5) is 5.69 Å². The monoisotopic (exact) mass is 369 g/mol. The van der Waals surface area contributed by atoms with E-state index >= 15 is 0 Å². The molecule has 8 heteroatoms. The zero-order chi connectivity index (χ0) is 16.7. The molecule has 23 heavy (non-hydrogen) atoms. The highest BCUT2D eigenvalue weighted by molar-refractivity contribution is 8.03. The fourth-order valence-corrected chi connectivity index (χ4v) is 4.35. The molecule has 1 aromatic heterocycles. The largest absolute Gasteiger partial charge is 0.497 e. The molecule has 1 aromatic carbocycles. The van der Waals surface area contributed by atoms with Gasteiger partial charge in [-0.1, -0.05) is 48.7 Å². The molecule has 2 rings (SSSR count). The summed E-state index contributed by atoms with van der Waals surface area (Å²) in [4.78, 5) is 12.0. The molecule has 0 aliphatic rings. The number of benzene rings is 1. The number of thioether (sulfide) groups is 2. The maximum atomic E-state index is 12.0. The van der Waals surface area contributed by atoms with E-state index in [-0.39, 0.29) is 5.91 Å². The molecule has 1 amide bonds. The van der Waals surface area contributed by atoms with E-state index in [2.05, 4.69) is 29.4 Å². The maximum Gasteiger partial charge on any atom is 0.234 e. The average Bonchev–Trinajstić information content (AvgIpc) is 3.00. The Labute approximate surface area is 148 Å². The van der Waals surface area contributed by atoms with Crippen molar-refractivity contribution < 1.29 is 9.53 Å². The van der Waals surface area contributed by atoms with Crippen LogP contribution in [0.25, 0.3) is 0 Å². The Bertz CT molecular complexity index is 629. The van der Waals surface area contributed by atoms with Crippen LogP contribution in [0.1, 0.15) is 13.8 Å². The smallest absolute Gasteiger partial charge is 0.234 e. The van der Waals surface area contributed by atoms with Crippen molar-refractivity contribution in [3.05, 3.63) is 24.3 Å². The summed E-state index contributed by atoms with van der Waals surface area (Å²) in [6, 6.07) is 7.25. The minimum absolute atomic E-state index is 0.0632. The van der Waals surface area contributed by atoms with Crippen molar-refractivity contribution in [3.8, 4) is 5.75 Å². The minimum atomic E-state index is -0.0632. The van der Waals surface area contributed by atoms with Gasteiger partial charge in [-0.3, -0.25) is 4.79 Å². The zero-order valence-electron chi connectivity index (χ0n) is 13.2. The Hall–Kier alpha value is -1.25. The Morgan fingerprint density at radius 2 is 1.87 bits per heavy atom. The first-order chi connectivity index (χ1) is 11.1. The highest BCUT2D eigenvalue weighted by Crippen LogP contribution is 2.29. The van der Waals surface area contributed by atoms with Crippen LogP contribution in [0, 0.1) is 5.92 Å². The molecular formula is C15H19N3O2S3. The Balaban J connectivity index is 1.77. The van der Waals surface area contributed by atoms with Gasteiger partial charge in [0.2, 0.25) is 5.91 Å². The minimum Gasteiger partial charge on any atom is -0.497 e. The molecule has 0 aliphatic heterocycles. The van der Waals surface area contributed by atoms with Crippen LogP contribution in [0.5, 0.6) is 5.75 Å². The lowest BCUT2D eigenvalue weighted by molar-refractivity contribution is -0.113. The average molecular weight is 370 g/mol. The Kier molecular flexibility index (Phi) is 7.19. The van der Waals surface area contributed by atoms with Crippen LogP contribution in [-0.4, -0.2) is 34.7 Å². The summed E-state index contributed by atoms with van der Waals surface area (Å²) in [6.07, 6.45) is 0. The van der Waals surface area contributed by atoms with Crippen molar-refractivity contribution in [2.24, 2.45) is 5.92 Å². The highest BCUT2D eigenvalue weighted by atomic mass is 32.2. The van der Waals surface area contributed by atoms with Gasteiger partial charge < -0.3 is 10.1 Å². The van der Waals surface area contributed by atoms with Gasteiger partial charge in [0.05, 0.1) is 12.9 Å². The van der Waals surface area contributed by atoms with E-state index in [0.29, 0.717) is 11.7 Å². The zero-order valence-corrected chi connectivity index (χ0v) is 15.7. The second-order valence-corrected chi connectivity index (χ2v) is 8.57. The van der Waals surface area contributed by atoms with Gasteiger partial charge in [-0.05, 0) is 30.2 Å². The maximum absolute atomic E-state index is 12.0. The van der Waals surface area contributed by atoms with E-state index in [0.717, 1.165) is 25.9 Å². The molecule has 0 bridgehead atoms. The third-order valence-corrected chi connectivity index (χ3v) is 6.25. The quantitative estimate of drug-likeness (QED) is 0.709. The number of nitrogens with one attached hydrogen (secondary N) is 1. The predicted octanol–water partition coefficient (Wildman–Crippen LogP) is 4.03. The molecule has 5 nitrogen and oxygen atoms in total. The molecule has 0 fully saturated rings. The highest BCUT2D eigenvalue weighted by Gasteiger charge is 2.09. The number of methoxy groups -OCH3 is 1. The van der Waals surface area contributed by atoms with E-state index in [1.165, 1.54) is 23.1 Å². The van der Waals surface area contributed by atoms with Crippen molar-refractivity contribution in [1.82, 2.24) is 10.2 Å². The number of carbonyl (C=O) groups is 1. The summed E-state index contributed by atoms with van der Waals surface area (Å²) >= 11 is 4.65. The van der Waals surface area contributed by atoms with Gasteiger partial charge in [0.15, 0.2) is 8.68 Å². The summed E-state index contributed by atoms with van der Waals surface area (Å²) in [7, 11) is 1.61. The van der Waals surface area contributed by atoms with E-state index in [4.69, 9.17) is 4.74 Å². The third-order valence-electron chi connectivity index (χ3n) is 2.63. The summed E-state index contributed by atoms with van der Waals surface area (Å²) in [5, 5.41) is 11.1. The topological polar surface area (TPSA) is 64.1 Å². The summed E-state index contributed by atoms with van der Waals surface area (Å²) in [6.45, 7) is 4.35. The van der Waals surface area contributed by atoms with Crippen LogP contribution in [0.15, 0.2) is 32.9 Å². The molecule has 1 heterocycles.